The SMILES string of the molecule is CCOc1nc(N)nc2c1ncn2[C@@H]1O[C@@H]2CO[P@](=O)(N[C@H](C)C(=O)OC(C)C)O[C@H]2[C@@]1(C)F. The summed E-state index contributed by atoms with van der Waals surface area (Å²) in [6.45, 7) is 7.94. The number of carbonyl (C=O) groups is 1. The predicted molar refractivity (Wildman–Crippen MR) is 117 cm³/mol. The lowest BCUT2D eigenvalue weighted by Crippen LogP contribution is -2.47. The lowest BCUT2D eigenvalue weighted by Gasteiger charge is -2.35. The first-order chi connectivity index (χ1) is 15.9. The molecule has 6 atom stereocenters. The second-order valence-corrected chi connectivity index (χ2v) is 10.2. The fourth-order valence-electron chi connectivity index (χ4n) is 3.87. The number of anilines is 1. The van der Waals surface area contributed by atoms with E-state index in [2.05, 4.69) is 20.0 Å². The van der Waals surface area contributed by atoms with Gasteiger partial charge in [0.05, 0.1) is 25.6 Å². The Morgan fingerprint density at radius 3 is 2.85 bits per heavy atom. The van der Waals surface area contributed by atoms with Crippen LogP contribution in [0, 0.1) is 0 Å². The van der Waals surface area contributed by atoms with Gasteiger partial charge in [0.15, 0.2) is 23.1 Å². The number of hydrogen-bond donors (Lipinski definition) is 2. The molecule has 0 aliphatic carbocycles. The summed E-state index contributed by atoms with van der Waals surface area (Å²) in [6, 6.07) is -1.01. The molecule has 0 spiro atoms. The van der Waals surface area contributed by atoms with Crippen molar-refractivity contribution in [2.24, 2.45) is 0 Å². The number of nitrogen functional groups attached to an aromatic ring is 1. The van der Waals surface area contributed by atoms with E-state index in [4.69, 9.17) is 29.0 Å². The third kappa shape index (κ3) is 4.48. The normalized spacial score (nSPS) is 32.0. The van der Waals surface area contributed by atoms with Crippen molar-refractivity contribution in [3.8, 4) is 5.88 Å². The minimum Gasteiger partial charge on any atom is -0.476 e. The molecule has 0 saturated carbocycles. The van der Waals surface area contributed by atoms with Crippen molar-refractivity contribution in [2.75, 3.05) is 18.9 Å². The number of rotatable bonds is 7. The minimum absolute atomic E-state index is 0.0794. The van der Waals surface area contributed by atoms with Crippen LogP contribution in [0.15, 0.2) is 6.33 Å². The Labute approximate surface area is 195 Å². The van der Waals surface area contributed by atoms with Crippen molar-refractivity contribution < 1.29 is 37.0 Å². The van der Waals surface area contributed by atoms with Crippen molar-refractivity contribution in [2.45, 2.75) is 70.9 Å². The first-order valence-electron chi connectivity index (χ1n) is 10.8. The molecule has 0 aromatic carbocycles. The van der Waals surface area contributed by atoms with E-state index in [-0.39, 0.29) is 35.7 Å². The number of aromatic nitrogens is 4. The summed E-state index contributed by atoms with van der Waals surface area (Å²) in [7, 11) is -4.05. The van der Waals surface area contributed by atoms with Gasteiger partial charge in [-0.25, -0.2) is 19.0 Å². The van der Waals surface area contributed by atoms with Gasteiger partial charge in [0.1, 0.15) is 18.2 Å². The van der Waals surface area contributed by atoms with Gasteiger partial charge in [-0.05, 0) is 34.6 Å². The summed E-state index contributed by atoms with van der Waals surface area (Å²) < 4.78 is 58.1. The van der Waals surface area contributed by atoms with E-state index < -0.39 is 43.9 Å². The number of alkyl halides is 1. The van der Waals surface area contributed by atoms with Crippen LogP contribution in [0.4, 0.5) is 10.3 Å². The number of fused-ring (bicyclic) bond motifs is 2. The monoisotopic (exact) mass is 502 g/mol. The quantitative estimate of drug-likeness (QED) is 0.418. The summed E-state index contributed by atoms with van der Waals surface area (Å²) in [5.74, 6) is -0.560. The highest BCUT2D eigenvalue weighted by Gasteiger charge is 2.61. The molecule has 34 heavy (non-hydrogen) atoms. The number of ether oxygens (including phenoxy) is 3. The molecule has 2 aromatic heterocycles. The Hall–Kier alpha value is -2.38. The van der Waals surface area contributed by atoms with Crippen molar-refractivity contribution >= 4 is 30.8 Å². The molecular weight excluding hydrogens is 474 g/mol. The summed E-state index contributed by atoms with van der Waals surface area (Å²) in [5.41, 5.74) is 4.10. The highest BCUT2D eigenvalue weighted by Crippen LogP contribution is 2.57. The van der Waals surface area contributed by atoms with Gasteiger partial charge in [-0.1, -0.05) is 0 Å². The van der Waals surface area contributed by atoms with Gasteiger partial charge in [-0.2, -0.15) is 9.97 Å². The summed E-state index contributed by atoms with van der Waals surface area (Å²) in [6.07, 6.45) is -2.44. The molecule has 4 rings (SSSR count). The third-order valence-electron chi connectivity index (χ3n) is 5.34. The van der Waals surface area contributed by atoms with E-state index in [0.29, 0.717) is 6.61 Å². The smallest absolute Gasteiger partial charge is 0.406 e. The number of hydrogen-bond acceptors (Lipinski definition) is 11. The van der Waals surface area contributed by atoms with E-state index in [0.717, 1.165) is 0 Å². The topological polar surface area (TPSA) is 162 Å². The molecule has 3 N–H and O–H groups in total. The summed E-state index contributed by atoms with van der Waals surface area (Å²) in [4.78, 5) is 24.5. The zero-order valence-electron chi connectivity index (χ0n) is 19.4. The number of nitrogens with two attached hydrogens (primary N) is 1. The molecule has 13 nitrogen and oxygen atoms in total. The van der Waals surface area contributed by atoms with Crippen LogP contribution in [0.5, 0.6) is 5.88 Å². The Bertz CT molecular complexity index is 1130. The Kier molecular flexibility index (Phi) is 6.55. The van der Waals surface area contributed by atoms with Gasteiger partial charge in [0, 0.05) is 0 Å². The zero-order chi connectivity index (χ0) is 24.8. The fraction of sp³-hybridized carbons (Fsp3) is 0.684. The minimum atomic E-state index is -4.05. The van der Waals surface area contributed by atoms with E-state index in [1.54, 1.807) is 20.8 Å². The van der Waals surface area contributed by atoms with Crippen LogP contribution in [-0.2, 0) is 27.9 Å². The van der Waals surface area contributed by atoms with Crippen LogP contribution in [0.2, 0.25) is 0 Å². The molecule has 2 saturated heterocycles. The first kappa shape index (κ1) is 24.7. The zero-order valence-corrected chi connectivity index (χ0v) is 20.3. The number of halogens is 1. The molecule has 0 radical (unpaired) electrons. The van der Waals surface area contributed by atoms with E-state index in [1.165, 1.54) is 24.7 Å². The maximum atomic E-state index is 16.2. The fourth-order valence-corrected chi connectivity index (χ4v) is 5.63. The molecule has 0 amide bonds. The number of esters is 1. The maximum absolute atomic E-state index is 16.2. The second kappa shape index (κ2) is 9.00. The van der Waals surface area contributed by atoms with E-state index >= 15 is 4.39 Å². The van der Waals surface area contributed by atoms with Crippen molar-refractivity contribution in [3.63, 3.8) is 0 Å². The Balaban J connectivity index is 1.58. The van der Waals surface area contributed by atoms with Gasteiger partial charge >= 0.3 is 13.7 Å². The number of nitrogens with zero attached hydrogens (tertiary/aromatic N) is 4. The highest BCUT2D eigenvalue weighted by atomic mass is 31.2. The van der Waals surface area contributed by atoms with Crippen LogP contribution in [0.25, 0.3) is 11.2 Å². The standard InChI is InChI=1S/C19H28FN6O7P/c1-6-29-15-12-14(23-18(21)24-15)26(8-22-12)17-19(5,20)13-11(32-17)7-30-34(28,33-13)25-10(4)16(27)31-9(2)3/h8-11,13,17H,6-7H2,1-5H3,(H,25,28)(H2,21,23,24)/t10-,11-,13-,17-,19-,34-/m1/s1. The van der Waals surface area contributed by atoms with Crippen LogP contribution in [-0.4, -0.2) is 68.7 Å². The molecule has 2 aromatic rings. The Morgan fingerprint density at radius 1 is 1.44 bits per heavy atom. The van der Waals surface area contributed by atoms with E-state index in [9.17, 15) is 9.36 Å². The van der Waals surface area contributed by atoms with Gasteiger partial charge in [-0.3, -0.25) is 18.4 Å². The van der Waals surface area contributed by atoms with E-state index in [1.807, 2.05) is 0 Å². The van der Waals surface area contributed by atoms with Crippen LogP contribution in [0.1, 0.15) is 40.8 Å². The molecule has 4 heterocycles. The summed E-state index contributed by atoms with van der Waals surface area (Å²) >= 11 is 0. The largest absolute Gasteiger partial charge is 0.476 e. The number of carbonyl (C=O) groups excluding carboxylic acids is 1. The van der Waals surface area contributed by atoms with Crippen molar-refractivity contribution in [1.82, 2.24) is 24.6 Å². The Morgan fingerprint density at radius 2 is 2.18 bits per heavy atom. The average molecular weight is 502 g/mol. The maximum Gasteiger partial charge on any atom is 0.406 e. The predicted octanol–water partition coefficient (Wildman–Crippen LogP) is 1.89. The molecule has 2 aliphatic heterocycles. The van der Waals surface area contributed by atoms with Gasteiger partial charge in [-0.15, -0.1) is 0 Å². The number of imidazole rings is 1. The van der Waals surface area contributed by atoms with Gasteiger partial charge in [0.25, 0.3) is 0 Å². The molecular formula is C19H28FN6O7P. The van der Waals surface area contributed by atoms with Gasteiger partial charge < -0.3 is 19.9 Å². The van der Waals surface area contributed by atoms with Gasteiger partial charge in [0.2, 0.25) is 11.8 Å². The molecule has 0 bridgehead atoms. The number of nitrogens with one attached hydrogen (secondary N) is 1. The molecule has 15 heteroatoms. The molecule has 2 fully saturated rings. The molecule has 2 aliphatic rings. The second-order valence-electron chi connectivity index (χ2n) is 8.48. The molecule has 188 valence electrons. The van der Waals surface area contributed by atoms with Crippen LogP contribution in [0.3, 0.4) is 0 Å². The average Bonchev–Trinajstić information content (AvgIpc) is 3.25. The first-order valence-corrected chi connectivity index (χ1v) is 12.4. The van der Waals surface area contributed by atoms with Crippen LogP contribution >= 0.6 is 7.75 Å². The third-order valence-corrected chi connectivity index (χ3v) is 7.04. The molecule has 0 unspecified atom stereocenters. The van der Waals surface area contributed by atoms with Crippen LogP contribution < -0.4 is 15.6 Å². The summed E-state index contributed by atoms with van der Waals surface area (Å²) in [5, 5.41) is 2.50. The lowest BCUT2D eigenvalue weighted by molar-refractivity contribution is -0.149. The van der Waals surface area contributed by atoms with Crippen molar-refractivity contribution in [3.05, 3.63) is 6.33 Å². The highest BCUT2D eigenvalue weighted by molar-refractivity contribution is 7.51. The lowest BCUT2D eigenvalue weighted by atomic mass is 9.98. The van der Waals surface area contributed by atoms with Crippen molar-refractivity contribution in [1.29, 1.82) is 0 Å².